The lowest BCUT2D eigenvalue weighted by Gasteiger charge is -2.25. The van der Waals surface area contributed by atoms with Gasteiger partial charge in [0.1, 0.15) is 0 Å². The van der Waals surface area contributed by atoms with Gasteiger partial charge in [0.05, 0.1) is 5.54 Å². The molecule has 4 N–H and O–H groups in total. The van der Waals surface area contributed by atoms with Crippen molar-refractivity contribution in [3.8, 4) is 0 Å². The molecule has 3 heteroatoms. The Morgan fingerprint density at radius 1 is 1.55 bits per heavy atom. The van der Waals surface area contributed by atoms with E-state index in [1.807, 2.05) is 20.8 Å². The molecule has 0 aromatic rings. The highest BCUT2D eigenvalue weighted by molar-refractivity contribution is 5.84. The molecule has 0 saturated carbocycles. The van der Waals surface area contributed by atoms with Gasteiger partial charge in [-0.15, -0.1) is 0 Å². The molecule has 0 spiro atoms. The number of carbonyl (C=O) groups excluding carboxylic acids is 1. The van der Waals surface area contributed by atoms with Gasteiger partial charge in [-0.2, -0.15) is 0 Å². The van der Waals surface area contributed by atoms with Crippen LogP contribution in [0.15, 0.2) is 0 Å². The summed E-state index contributed by atoms with van der Waals surface area (Å²) in [5.41, 5.74) is 10.1. The maximum Gasteiger partial charge on any atom is 0.237 e. The molecule has 0 bridgehead atoms. The molecule has 0 aromatic carbocycles. The Bertz CT molecular complexity index is 145. The van der Waals surface area contributed by atoms with E-state index in [2.05, 4.69) is 0 Å². The molecule has 3 nitrogen and oxygen atoms in total. The zero-order valence-electron chi connectivity index (χ0n) is 7.55. The summed E-state index contributed by atoms with van der Waals surface area (Å²) in [5, 5.41) is 0. The normalized spacial score (nSPS) is 16.5. The minimum atomic E-state index is -0.797. The molecule has 0 aromatic heterocycles. The third kappa shape index (κ3) is 2.89. The van der Waals surface area contributed by atoms with Gasteiger partial charge in [-0.1, -0.05) is 20.8 Å². The van der Waals surface area contributed by atoms with Gasteiger partial charge in [0.15, 0.2) is 0 Å². The molecular formula is C8H18N2O. The van der Waals surface area contributed by atoms with Crippen molar-refractivity contribution >= 4 is 5.91 Å². The maximum absolute atomic E-state index is 10.9. The Morgan fingerprint density at radius 3 is 2.09 bits per heavy atom. The predicted octanol–water partition coefficient (Wildman–Crippen LogP) is 0.625. The van der Waals surface area contributed by atoms with Gasteiger partial charge in [0.25, 0.3) is 0 Å². The average molecular weight is 158 g/mol. The van der Waals surface area contributed by atoms with Gasteiger partial charge in [-0.25, -0.2) is 0 Å². The number of hydrogen-bond donors (Lipinski definition) is 2. The van der Waals surface area contributed by atoms with Crippen molar-refractivity contribution in [2.45, 2.75) is 39.2 Å². The molecule has 0 aliphatic heterocycles. The van der Waals surface area contributed by atoms with Crippen LogP contribution in [0.5, 0.6) is 0 Å². The van der Waals surface area contributed by atoms with Crippen LogP contribution in [0.4, 0.5) is 0 Å². The second-order valence-electron chi connectivity index (χ2n) is 3.47. The Kier molecular flexibility index (Phi) is 3.52. The molecule has 0 rings (SSSR count). The smallest absolute Gasteiger partial charge is 0.237 e. The van der Waals surface area contributed by atoms with Crippen LogP contribution in [0, 0.1) is 5.92 Å². The molecule has 0 aliphatic carbocycles. The molecule has 1 amide bonds. The summed E-state index contributed by atoms with van der Waals surface area (Å²) in [6.07, 6.45) is 1.28. The predicted molar refractivity (Wildman–Crippen MR) is 45.9 cm³/mol. The number of primary amides is 1. The first-order valence-corrected chi connectivity index (χ1v) is 4.01. The highest BCUT2D eigenvalue weighted by Gasteiger charge is 2.30. The molecule has 66 valence electrons. The van der Waals surface area contributed by atoms with Crippen LogP contribution in [0.1, 0.15) is 33.6 Å². The second kappa shape index (κ2) is 3.72. The molecule has 0 heterocycles. The average Bonchev–Trinajstić information content (AvgIpc) is 1.86. The van der Waals surface area contributed by atoms with Crippen LogP contribution in [-0.2, 0) is 4.79 Å². The topological polar surface area (TPSA) is 69.1 Å². The Morgan fingerprint density at radius 2 is 2.00 bits per heavy atom. The lowest BCUT2D eigenvalue weighted by Crippen LogP contribution is -2.52. The third-order valence-electron chi connectivity index (χ3n) is 1.89. The number of rotatable bonds is 4. The molecule has 1 unspecified atom stereocenters. The summed E-state index contributed by atoms with van der Waals surface area (Å²) in [6, 6.07) is 0. The molecule has 0 saturated heterocycles. The van der Waals surface area contributed by atoms with Crippen LogP contribution in [0.3, 0.4) is 0 Å². The molecule has 0 aliphatic rings. The molecule has 1 atom stereocenters. The van der Waals surface area contributed by atoms with Gasteiger partial charge in [0.2, 0.25) is 5.91 Å². The molecule has 11 heavy (non-hydrogen) atoms. The van der Waals surface area contributed by atoms with Gasteiger partial charge in [-0.3, -0.25) is 4.79 Å². The fraction of sp³-hybridized carbons (Fsp3) is 0.875. The van der Waals surface area contributed by atoms with E-state index in [0.717, 1.165) is 0 Å². The van der Waals surface area contributed by atoms with E-state index in [-0.39, 0.29) is 0 Å². The lowest BCUT2D eigenvalue weighted by atomic mass is 9.87. The summed E-state index contributed by atoms with van der Waals surface area (Å²) in [6.45, 7) is 5.94. The van der Waals surface area contributed by atoms with Crippen molar-refractivity contribution in [3.05, 3.63) is 0 Å². The van der Waals surface area contributed by atoms with E-state index in [1.165, 1.54) is 0 Å². The molecule has 0 fully saturated rings. The summed E-state index contributed by atoms with van der Waals surface area (Å²) >= 11 is 0. The summed E-state index contributed by atoms with van der Waals surface area (Å²) in [4.78, 5) is 10.9. The minimum Gasteiger partial charge on any atom is -0.368 e. The van der Waals surface area contributed by atoms with Crippen LogP contribution in [-0.4, -0.2) is 11.4 Å². The van der Waals surface area contributed by atoms with Crippen molar-refractivity contribution in [1.29, 1.82) is 0 Å². The highest BCUT2D eigenvalue weighted by atomic mass is 16.1. The second-order valence-corrected chi connectivity index (χ2v) is 3.47. The van der Waals surface area contributed by atoms with Crippen LogP contribution >= 0.6 is 0 Å². The third-order valence-corrected chi connectivity index (χ3v) is 1.89. The van der Waals surface area contributed by atoms with Crippen LogP contribution < -0.4 is 11.5 Å². The largest absolute Gasteiger partial charge is 0.368 e. The monoisotopic (exact) mass is 158 g/mol. The van der Waals surface area contributed by atoms with Crippen molar-refractivity contribution in [2.75, 3.05) is 0 Å². The van der Waals surface area contributed by atoms with Crippen LogP contribution in [0.2, 0.25) is 0 Å². The van der Waals surface area contributed by atoms with E-state index in [9.17, 15) is 4.79 Å². The molecule has 0 radical (unpaired) electrons. The number of amides is 1. The quantitative estimate of drug-likeness (QED) is 0.630. The fourth-order valence-corrected chi connectivity index (χ4v) is 1.15. The number of hydrogen-bond acceptors (Lipinski definition) is 2. The van der Waals surface area contributed by atoms with E-state index in [0.29, 0.717) is 18.8 Å². The fourth-order valence-electron chi connectivity index (χ4n) is 1.15. The van der Waals surface area contributed by atoms with Gasteiger partial charge >= 0.3 is 0 Å². The van der Waals surface area contributed by atoms with Gasteiger partial charge < -0.3 is 11.5 Å². The molecular weight excluding hydrogens is 140 g/mol. The number of carbonyl (C=O) groups is 1. The summed E-state index contributed by atoms with van der Waals surface area (Å²) in [7, 11) is 0. The first-order valence-electron chi connectivity index (χ1n) is 4.01. The Hall–Kier alpha value is -0.570. The maximum atomic E-state index is 10.9. The van der Waals surface area contributed by atoms with Gasteiger partial charge in [0, 0.05) is 0 Å². The van der Waals surface area contributed by atoms with Crippen LogP contribution in [0.25, 0.3) is 0 Å². The minimum absolute atomic E-state index is 0.395. The Labute approximate surface area is 68.1 Å². The van der Waals surface area contributed by atoms with E-state index < -0.39 is 11.4 Å². The van der Waals surface area contributed by atoms with E-state index in [4.69, 9.17) is 11.5 Å². The van der Waals surface area contributed by atoms with Crippen molar-refractivity contribution in [3.63, 3.8) is 0 Å². The standard InChI is InChI=1S/C8H18N2O/c1-4-8(10,7(9)11)5-6(2)3/h6H,4-5,10H2,1-3H3,(H2,9,11). The zero-order valence-corrected chi connectivity index (χ0v) is 7.55. The first-order chi connectivity index (χ1) is 4.92. The van der Waals surface area contributed by atoms with Crippen molar-refractivity contribution in [2.24, 2.45) is 17.4 Å². The van der Waals surface area contributed by atoms with Gasteiger partial charge in [-0.05, 0) is 18.8 Å². The SMILES string of the molecule is CCC(N)(CC(C)C)C(N)=O. The first kappa shape index (κ1) is 10.4. The van der Waals surface area contributed by atoms with E-state index >= 15 is 0 Å². The zero-order chi connectivity index (χ0) is 9.07. The Balaban J connectivity index is 4.22. The summed E-state index contributed by atoms with van der Waals surface area (Å²) < 4.78 is 0. The van der Waals surface area contributed by atoms with Crippen molar-refractivity contribution < 1.29 is 4.79 Å². The highest BCUT2D eigenvalue weighted by Crippen LogP contribution is 2.16. The van der Waals surface area contributed by atoms with E-state index in [1.54, 1.807) is 0 Å². The summed E-state index contributed by atoms with van der Waals surface area (Å²) in [5.74, 6) is 0.0150. The lowest BCUT2D eigenvalue weighted by molar-refractivity contribution is -0.123. The van der Waals surface area contributed by atoms with Crippen molar-refractivity contribution in [1.82, 2.24) is 0 Å². The number of nitrogens with two attached hydrogens (primary N) is 2.